The van der Waals surface area contributed by atoms with Crippen LogP contribution < -0.4 is 10.0 Å². The quantitative estimate of drug-likeness (QED) is 0.468. The molecular formula is C20H25N5O4S2. The number of thioether (sulfide) groups is 1. The van der Waals surface area contributed by atoms with Gasteiger partial charge in [0, 0.05) is 12.2 Å². The molecule has 0 spiro atoms. The molecule has 0 radical (unpaired) electrons. The summed E-state index contributed by atoms with van der Waals surface area (Å²) in [6, 6.07) is 8.37. The summed E-state index contributed by atoms with van der Waals surface area (Å²) in [5, 5.41) is 11.8. The van der Waals surface area contributed by atoms with E-state index in [1.165, 1.54) is 24.9 Å². The summed E-state index contributed by atoms with van der Waals surface area (Å²) in [5.74, 6) is 1.39. The van der Waals surface area contributed by atoms with Gasteiger partial charge in [-0.3, -0.25) is 9.36 Å². The molecule has 2 aromatic heterocycles. The van der Waals surface area contributed by atoms with Crippen LogP contribution in [0.25, 0.3) is 11.6 Å². The van der Waals surface area contributed by atoms with Crippen molar-refractivity contribution in [1.29, 1.82) is 0 Å². The number of amides is 1. The SMILES string of the molecule is CNS(=O)(=O)c1cc(NC(=O)CSc2nnc(-c3ccco3)n2CC(C)C)ccc1C. The van der Waals surface area contributed by atoms with Gasteiger partial charge in [-0.1, -0.05) is 31.7 Å². The first-order chi connectivity index (χ1) is 14.7. The highest BCUT2D eigenvalue weighted by atomic mass is 32.2. The second-order valence-corrected chi connectivity index (χ2v) is 10.1. The maximum absolute atomic E-state index is 12.5. The Morgan fingerprint density at radius 3 is 2.68 bits per heavy atom. The third-order valence-electron chi connectivity index (χ3n) is 4.37. The maximum Gasteiger partial charge on any atom is 0.240 e. The first-order valence-corrected chi connectivity index (χ1v) is 12.1. The minimum atomic E-state index is -3.62. The second kappa shape index (κ2) is 9.67. The van der Waals surface area contributed by atoms with Crippen molar-refractivity contribution in [2.75, 3.05) is 18.1 Å². The minimum absolute atomic E-state index is 0.0936. The van der Waals surface area contributed by atoms with E-state index in [-0.39, 0.29) is 16.6 Å². The van der Waals surface area contributed by atoms with Gasteiger partial charge in [0.25, 0.3) is 0 Å². The van der Waals surface area contributed by atoms with Crippen molar-refractivity contribution in [2.24, 2.45) is 5.92 Å². The van der Waals surface area contributed by atoms with Crippen LogP contribution in [0.4, 0.5) is 5.69 Å². The molecule has 1 aromatic carbocycles. The molecule has 0 fully saturated rings. The minimum Gasteiger partial charge on any atom is -0.461 e. The van der Waals surface area contributed by atoms with Crippen molar-refractivity contribution in [3.63, 3.8) is 0 Å². The van der Waals surface area contributed by atoms with E-state index in [9.17, 15) is 13.2 Å². The average Bonchev–Trinajstić information content (AvgIpc) is 3.37. The molecule has 2 N–H and O–H groups in total. The molecule has 11 heteroatoms. The average molecular weight is 464 g/mol. The fraction of sp³-hybridized carbons (Fsp3) is 0.350. The Kier molecular flexibility index (Phi) is 7.19. The van der Waals surface area contributed by atoms with Gasteiger partial charge in [0.1, 0.15) is 0 Å². The number of nitrogens with one attached hydrogen (secondary N) is 2. The zero-order chi connectivity index (χ0) is 22.6. The highest BCUT2D eigenvalue weighted by molar-refractivity contribution is 7.99. The largest absolute Gasteiger partial charge is 0.461 e. The Morgan fingerprint density at radius 2 is 2.03 bits per heavy atom. The van der Waals surface area contributed by atoms with Crippen LogP contribution in [0.3, 0.4) is 0 Å². The fourth-order valence-electron chi connectivity index (χ4n) is 2.92. The van der Waals surface area contributed by atoms with Crippen molar-refractivity contribution < 1.29 is 17.6 Å². The highest BCUT2D eigenvalue weighted by Crippen LogP contribution is 2.26. The van der Waals surface area contributed by atoms with Crippen LogP contribution in [0.5, 0.6) is 0 Å². The molecule has 9 nitrogen and oxygen atoms in total. The number of hydrogen-bond acceptors (Lipinski definition) is 7. The summed E-state index contributed by atoms with van der Waals surface area (Å²) in [5.41, 5.74) is 0.999. The standard InChI is InChI=1S/C20H25N5O4S2/c1-13(2)11-25-19(16-6-5-9-29-16)23-24-20(25)30-12-18(26)22-15-8-7-14(3)17(10-15)31(27,28)21-4/h5-10,13,21H,11-12H2,1-4H3,(H,22,26). The summed E-state index contributed by atoms with van der Waals surface area (Å²) in [7, 11) is -2.27. The number of anilines is 1. The summed E-state index contributed by atoms with van der Waals surface area (Å²) >= 11 is 1.26. The van der Waals surface area contributed by atoms with Gasteiger partial charge in [0.05, 0.1) is 16.9 Å². The van der Waals surface area contributed by atoms with E-state index in [0.29, 0.717) is 40.5 Å². The predicted molar refractivity (Wildman–Crippen MR) is 119 cm³/mol. The molecule has 3 aromatic rings. The summed E-state index contributed by atoms with van der Waals surface area (Å²) in [6.07, 6.45) is 1.58. The normalized spacial score (nSPS) is 11.8. The number of carbonyl (C=O) groups is 1. The van der Waals surface area contributed by atoms with E-state index in [2.05, 4.69) is 34.1 Å². The summed E-state index contributed by atoms with van der Waals surface area (Å²) in [4.78, 5) is 12.6. The molecule has 0 unspecified atom stereocenters. The molecule has 0 bridgehead atoms. The van der Waals surface area contributed by atoms with Gasteiger partial charge in [-0.25, -0.2) is 13.1 Å². The molecule has 1 amide bonds. The number of aryl methyl sites for hydroxylation is 1. The molecule has 31 heavy (non-hydrogen) atoms. The van der Waals surface area contributed by atoms with E-state index >= 15 is 0 Å². The molecule has 0 aliphatic heterocycles. The monoisotopic (exact) mass is 463 g/mol. The van der Waals surface area contributed by atoms with E-state index in [0.717, 1.165) is 0 Å². The molecule has 0 saturated carbocycles. The molecule has 0 saturated heterocycles. The Bertz CT molecular complexity index is 1150. The predicted octanol–water partition coefficient (Wildman–Crippen LogP) is 3.14. The maximum atomic E-state index is 12.5. The van der Waals surface area contributed by atoms with Crippen LogP contribution in [0.1, 0.15) is 19.4 Å². The van der Waals surface area contributed by atoms with Crippen LogP contribution in [-0.4, -0.2) is 41.9 Å². The van der Waals surface area contributed by atoms with Crippen molar-refractivity contribution in [2.45, 2.75) is 37.4 Å². The fourth-order valence-corrected chi connectivity index (χ4v) is 4.66. The van der Waals surface area contributed by atoms with Crippen molar-refractivity contribution in [3.8, 4) is 11.6 Å². The third kappa shape index (κ3) is 5.54. The topological polar surface area (TPSA) is 119 Å². The molecular weight excluding hydrogens is 438 g/mol. The van der Waals surface area contributed by atoms with Crippen molar-refractivity contribution >= 4 is 33.4 Å². The summed E-state index contributed by atoms with van der Waals surface area (Å²) in [6.45, 7) is 6.54. The number of carbonyl (C=O) groups excluding carboxylic acids is 1. The Labute approximate surface area is 185 Å². The van der Waals surface area contributed by atoms with E-state index in [4.69, 9.17) is 4.42 Å². The van der Waals surface area contributed by atoms with Gasteiger partial charge in [-0.05, 0) is 49.7 Å². The first kappa shape index (κ1) is 23.0. The van der Waals surface area contributed by atoms with Crippen LogP contribution >= 0.6 is 11.8 Å². The molecule has 0 aliphatic rings. The van der Waals surface area contributed by atoms with Crippen LogP contribution in [0.15, 0.2) is 51.1 Å². The van der Waals surface area contributed by atoms with Crippen LogP contribution in [0, 0.1) is 12.8 Å². The Balaban J connectivity index is 1.72. The van der Waals surface area contributed by atoms with Gasteiger partial charge >= 0.3 is 0 Å². The van der Waals surface area contributed by atoms with E-state index in [1.54, 1.807) is 31.4 Å². The molecule has 0 atom stereocenters. The van der Waals surface area contributed by atoms with Crippen LogP contribution in [0.2, 0.25) is 0 Å². The number of nitrogens with zero attached hydrogens (tertiary/aromatic N) is 3. The third-order valence-corrected chi connectivity index (χ3v) is 6.89. The number of sulfonamides is 1. The lowest BCUT2D eigenvalue weighted by molar-refractivity contribution is -0.113. The Morgan fingerprint density at radius 1 is 1.26 bits per heavy atom. The van der Waals surface area contributed by atoms with E-state index in [1.807, 2.05) is 10.6 Å². The molecule has 166 valence electrons. The zero-order valence-electron chi connectivity index (χ0n) is 17.7. The van der Waals surface area contributed by atoms with Crippen LogP contribution in [-0.2, 0) is 21.4 Å². The lowest BCUT2D eigenvalue weighted by Gasteiger charge is -2.12. The molecule has 3 rings (SSSR count). The molecule has 2 heterocycles. The lowest BCUT2D eigenvalue weighted by atomic mass is 10.2. The second-order valence-electron chi connectivity index (χ2n) is 7.31. The highest BCUT2D eigenvalue weighted by Gasteiger charge is 2.19. The lowest BCUT2D eigenvalue weighted by Crippen LogP contribution is -2.20. The number of rotatable bonds is 9. The van der Waals surface area contributed by atoms with Gasteiger partial charge in [-0.15, -0.1) is 10.2 Å². The Hall–Kier alpha value is -2.63. The van der Waals surface area contributed by atoms with Gasteiger partial charge in [0.15, 0.2) is 16.7 Å². The summed E-state index contributed by atoms with van der Waals surface area (Å²) < 4.78 is 34.0. The van der Waals surface area contributed by atoms with Gasteiger partial charge in [-0.2, -0.15) is 0 Å². The van der Waals surface area contributed by atoms with Gasteiger partial charge < -0.3 is 9.73 Å². The zero-order valence-corrected chi connectivity index (χ0v) is 19.4. The smallest absolute Gasteiger partial charge is 0.240 e. The number of benzene rings is 1. The first-order valence-electron chi connectivity index (χ1n) is 9.65. The van der Waals surface area contributed by atoms with Crippen molar-refractivity contribution in [3.05, 3.63) is 42.2 Å². The van der Waals surface area contributed by atoms with Gasteiger partial charge in [0.2, 0.25) is 15.9 Å². The van der Waals surface area contributed by atoms with Crippen molar-refractivity contribution in [1.82, 2.24) is 19.5 Å². The van der Waals surface area contributed by atoms with E-state index < -0.39 is 10.0 Å². The number of hydrogen-bond donors (Lipinski definition) is 2. The number of aromatic nitrogens is 3. The molecule has 0 aliphatic carbocycles. The number of furan rings is 1.